The van der Waals surface area contributed by atoms with Crippen LogP contribution in [0.15, 0.2) is 0 Å². The van der Waals surface area contributed by atoms with Gasteiger partial charge in [-0.2, -0.15) is 0 Å². The van der Waals surface area contributed by atoms with Crippen molar-refractivity contribution in [2.24, 2.45) is 5.92 Å². The van der Waals surface area contributed by atoms with Crippen LogP contribution >= 0.6 is 0 Å². The highest BCUT2D eigenvalue weighted by Crippen LogP contribution is 2.23. The molecule has 1 fully saturated rings. The van der Waals surface area contributed by atoms with Crippen molar-refractivity contribution in [2.45, 2.75) is 39.2 Å². The summed E-state index contributed by atoms with van der Waals surface area (Å²) in [4.78, 5) is 0. The van der Waals surface area contributed by atoms with E-state index in [0.29, 0.717) is 6.10 Å². The second kappa shape index (κ2) is 3.21. The van der Waals surface area contributed by atoms with Crippen molar-refractivity contribution >= 4 is 0 Å². The molecule has 54 valence electrons. The Morgan fingerprint density at radius 3 is 2.33 bits per heavy atom. The molecule has 0 aliphatic carbocycles. The van der Waals surface area contributed by atoms with Gasteiger partial charge in [0.25, 0.3) is 0 Å². The largest absolute Gasteiger partial charge is 0.373 e. The molecule has 1 nitrogen and oxygen atoms in total. The van der Waals surface area contributed by atoms with E-state index in [1.54, 1.807) is 0 Å². The van der Waals surface area contributed by atoms with Crippen LogP contribution in [0.1, 0.15) is 33.1 Å². The lowest BCUT2D eigenvalue weighted by molar-refractivity contribution is 0.342. The van der Waals surface area contributed by atoms with Crippen LogP contribution in [-0.2, 0) is 4.74 Å². The molecular formula is C8H16O. The summed E-state index contributed by atoms with van der Waals surface area (Å²) in [6.45, 7) is 5.55. The van der Waals surface area contributed by atoms with Crippen molar-refractivity contribution in [3.8, 4) is 0 Å². The quantitative estimate of drug-likeness (QED) is 0.529. The zero-order valence-electron chi connectivity index (χ0n) is 6.39. The van der Waals surface area contributed by atoms with Crippen LogP contribution in [-0.4, -0.2) is 12.7 Å². The Kier molecular flexibility index (Phi) is 2.52. The van der Waals surface area contributed by atoms with Crippen molar-refractivity contribution < 1.29 is 4.74 Å². The lowest BCUT2D eigenvalue weighted by atomic mass is 9.98. The minimum Gasteiger partial charge on any atom is -0.373 e. The molecule has 1 rings (SSSR count). The number of ether oxygens (including phenoxy) is 1. The van der Waals surface area contributed by atoms with E-state index in [1.165, 1.54) is 19.3 Å². The summed E-state index contributed by atoms with van der Waals surface area (Å²) in [6.07, 6.45) is 4.56. The van der Waals surface area contributed by atoms with Crippen molar-refractivity contribution in [1.29, 1.82) is 0 Å². The average molecular weight is 128 g/mol. The van der Waals surface area contributed by atoms with Crippen molar-refractivity contribution in [2.75, 3.05) is 6.61 Å². The van der Waals surface area contributed by atoms with Crippen molar-refractivity contribution in [3.05, 3.63) is 0 Å². The normalized spacial score (nSPS) is 25.0. The molecule has 0 aromatic carbocycles. The maximum atomic E-state index is 5.14. The minimum absolute atomic E-state index is 0.634. The van der Waals surface area contributed by atoms with Gasteiger partial charge in [0.15, 0.2) is 0 Å². The molecule has 1 unspecified atom stereocenters. The van der Waals surface area contributed by atoms with Gasteiger partial charge in [-0.3, -0.25) is 0 Å². The van der Waals surface area contributed by atoms with Crippen molar-refractivity contribution in [1.82, 2.24) is 0 Å². The zero-order valence-corrected chi connectivity index (χ0v) is 6.39. The Balaban J connectivity index is 2.05. The fourth-order valence-corrected chi connectivity index (χ4v) is 1.20. The summed E-state index contributed by atoms with van der Waals surface area (Å²) in [5, 5.41) is 0. The molecule has 1 heterocycles. The molecule has 0 saturated carbocycles. The molecule has 0 spiro atoms. The highest BCUT2D eigenvalue weighted by Gasteiger charge is 2.24. The Morgan fingerprint density at radius 1 is 1.44 bits per heavy atom. The predicted molar refractivity (Wildman–Crippen MR) is 38.4 cm³/mol. The highest BCUT2D eigenvalue weighted by atomic mass is 16.6. The van der Waals surface area contributed by atoms with Gasteiger partial charge in [0.05, 0.1) is 12.7 Å². The number of rotatable bonds is 4. The fraction of sp³-hybridized carbons (Fsp3) is 1.00. The first-order valence-electron chi connectivity index (χ1n) is 3.98. The summed E-state index contributed by atoms with van der Waals surface area (Å²) in [7, 11) is 0. The van der Waals surface area contributed by atoms with E-state index in [1.807, 2.05) is 0 Å². The van der Waals surface area contributed by atoms with Crippen LogP contribution in [0.25, 0.3) is 0 Å². The first-order valence-corrected chi connectivity index (χ1v) is 3.98. The monoisotopic (exact) mass is 128 g/mol. The highest BCUT2D eigenvalue weighted by molar-refractivity contribution is 4.72. The predicted octanol–water partition coefficient (Wildman–Crippen LogP) is 2.21. The van der Waals surface area contributed by atoms with Crippen LogP contribution in [0.3, 0.4) is 0 Å². The molecular weight excluding hydrogens is 112 g/mol. The van der Waals surface area contributed by atoms with Gasteiger partial charge in [-0.25, -0.2) is 0 Å². The van der Waals surface area contributed by atoms with Crippen LogP contribution in [0.4, 0.5) is 0 Å². The van der Waals surface area contributed by atoms with Gasteiger partial charge < -0.3 is 4.74 Å². The Bertz CT molecular complexity index is 72.6. The molecule has 0 radical (unpaired) electrons. The lowest BCUT2D eigenvalue weighted by Gasteiger charge is -2.08. The molecule has 1 saturated heterocycles. The van der Waals surface area contributed by atoms with E-state index in [9.17, 15) is 0 Å². The first kappa shape index (κ1) is 7.07. The third kappa shape index (κ3) is 2.35. The summed E-state index contributed by atoms with van der Waals surface area (Å²) in [6, 6.07) is 0. The van der Waals surface area contributed by atoms with E-state index < -0.39 is 0 Å². The summed E-state index contributed by atoms with van der Waals surface area (Å²) < 4.78 is 5.14. The number of hydrogen-bond acceptors (Lipinski definition) is 1. The third-order valence-corrected chi connectivity index (χ3v) is 2.15. The van der Waals surface area contributed by atoms with Gasteiger partial charge in [-0.1, -0.05) is 26.7 Å². The summed E-state index contributed by atoms with van der Waals surface area (Å²) in [5.41, 5.74) is 0. The van der Waals surface area contributed by atoms with Gasteiger partial charge in [0.2, 0.25) is 0 Å². The standard InChI is InChI=1S/C8H16O/c1-3-7(4-2)5-8-6-9-8/h7-8H,3-6H2,1-2H3. The van der Waals surface area contributed by atoms with E-state index in [0.717, 1.165) is 12.5 Å². The molecule has 1 aliphatic heterocycles. The van der Waals surface area contributed by atoms with Gasteiger partial charge >= 0.3 is 0 Å². The van der Waals surface area contributed by atoms with Gasteiger partial charge in [0, 0.05) is 0 Å². The van der Waals surface area contributed by atoms with Crippen LogP contribution in [0.5, 0.6) is 0 Å². The van der Waals surface area contributed by atoms with Crippen LogP contribution in [0.2, 0.25) is 0 Å². The fourth-order valence-electron chi connectivity index (χ4n) is 1.20. The van der Waals surface area contributed by atoms with E-state index >= 15 is 0 Å². The molecule has 1 aliphatic rings. The Hall–Kier alpha value is -0.0400. The average Bonchev–Trinajstić information content (AvgIpc) is 2.66. The second-order valence-corrected chi connectivity index (χ2v) is 2.87. The van der Waals surface area contributed by atoms with E-state index in [4.69, 9.17) is 4.74 Å². The molecule has 0 N–H and O–H groups in total. The Labute approximate surface area is 57.4 Å². The van der Waals surface area contributed by atoms with Crippen LogP contribution in [0, 0.1) is 5.92 Å². The SMILES string of the molecule is CCC(CC)CC1CO1. The van der Waals surface area contributed by atoms with E-state index in [2.05, 4.69) is 13.8 Å². The topological polar surface area (TPSA) is 12.5 Å². The first-order chi connectivity index (χ1) is 4.36. The molecule has 1 heteroatoms. The van der Waals surface area contributed by atoms with Gasteiger partial charge in [0.1, 0.15) is 0 Å². The number of epoxide rings is 1. The molecule has 9 heavy (non-hydrogen) atoms. The van der Waals surface area contributed by atoms with E-state index in [-0.39, 0.29) is 0 Å². The molecule has 0 aromatic rings. The minimum atomic E-state index is 0.634. The number of hydrogen-bond donors (Lipinski definition) is 0. The third-order valence-electron chi connectivity index (χ3n) is 2.15. The molecule has 0 aromatic heterocycles. The Morgan fingerprint density at radius 2 is 2.00 bits per heavy atom. The second-order valence-electron chi connectivity index (χ2n) is 2.87. The molecule has 0 amide bonds. The maximum Gasteiger partial charge on any atom is 0.0812 e. The van der Waals surface area contributed by atoms with Crippen LogP contribution < -0.4 is 0 Å². The summed E-state index contributed by atoms with van der Waals surface area (Å²) >= 11 is 0. The van der Waals surface area contributed by atoms with Gasteiger partial charge in [-0.05, 0) is 12.3 Å². The van der Waals surface area contributed by atoms with Gasteiger partial charge in [-0.15, -0.1) is 0 Å². The maximum absolute atomic E-state index is 5.14. The smallest absolute Gasteiger partial charge is 0.0812 e. The van der Waals surface area contributed by atoms with Crippen molar-refractivity contribution in [3.63, 3.8) is 0 Å². The zero-order chi connectivity index (χ0) is 6.69. The summed E-state index contributed by atoms with van der Waals surface area (Å²) in [5.74, 6) is 0.914. The molecule has 1 atom stereocenters. The molecule has 0 bridgehead atoms. The lowest BCUT2D eigenvalue weighted by Crippen LogP contribution is -2.00.